The molecule has 2 aliphatic rings. The Morgan fingerprint density at radius 2 is 0.935 bits per heavy atom. The molecule has 0 spiro atoms. The van der Waals surface area contributed by atoms with E-state index in [9.17, 15) is 19.5 Å². The van der Waals surface area contributed by atoms with Crippen molar-refractivity contribution in [3.05, 3.63) is 155 Å². The van der Waals surface area contributed by atoms with Crippen molar-refractivity contribution >= 4 is 18.3 Å². The molecule has 0 atom stereocenters. The Kier molecular flexibility index (Phi) is 8.78. The number of imide groups is 1. The zero-order valence-corrected chi connectivity index (χ0v) is 24.9. The topological polar surface area (TPSA) is 119 Å². The predicted molar refractivity (Wildman–Crippen MR) is 174 cm³/mol. The van der Waals surface area contributed by atoms with Crippen molar-refractivity contribution in [2.75, 3.05) is 13.2 Å². The first-order chi connectivity index (χ1) is 22.4. The first-order valence-corrected chi connectivity index (χ1v) is 14.9. The van der Waals surface area contributed by atoms with Crippen LogP contribution in [0.4, 0.5) is 14.4 Å². The summed E-state index contributed by atoms with van der Waals surface area (Å²) in [5.74, 6) is -0.0198. The maximum atomic E-state index is 12.5. The highest BCUT2D eigenvalue weighted by atomic mass is 16.6. The molecule has 0 radical (unpaired) electrons. The third kappa shape index (κ3) is 6.19. The lowest BCUT2D eigenvalue weighted by atomic mass is 9.98. The second-order valence-electron chi connectivity index (χ2n) is 11.0. The van der Waals surface area contributed by atoms with E-state index in [1.807, 2.05) is 66.7 Å². The van der Waals surface area contributed by atoms with Crippen molar-refractivity contribution < 1.29 is 29.0 Å². The van der Waals surface area contributed by atoms with Crippen LogP contribution in [0.25, 0.3) is 22.3 Å². The summed E-state index contributed by atoms with van der Waals surface area (Å²) in [6, 6.07) is 41.4. The van der Waals surface area contributed by atoms with Gasteiger partial charge in [-0.2, -0.15) is 0 Å². The second-order valence-corrected chi connectivity index (χ2v) is 11.0. The van der Waals surface area contributed by atoms with E-state index < -0.39 is 18.3 Å². The lowest BCUT2D eigenvalue weighted by molar-refractivity contribution is 0.0901. The number of benzene rings is 5. The first-order valence-electron chi connectivity index (χ1n) is 14.9. The van der Waals surface area contributed by atoms with Gasteiger partial charge in [-0.3, -0.25) is 0 Å². The minimum absolute atomic E-state index is 0.0488. The summed E-state index contributed by atoms with van der Waals surface area (Å²) >= 11 is 0. The van der Waals surface area contributed by atoms with Gasteiger partial charge in [0.2, 0.25) is 0 Å². The van der Waals surface area contributed by atoms with E-state index in [1.54, 1.807) is 24.3 Å². The Bertz CT molecular complexity index is 1800. The van der Waals surface area contributed by atoms with Gasteiger partial charge in [-0.15, -0.1) is 0 Å². The molecule has 7 rings (SSSR count). The molecule has 2 aliphatic carbocycles. The highest BCUT2D eigenvalue weighted by molar-refractivity contribution is 5.87. The molecule has 0 bridgehead atoms. The molecule has 5 aromatic carbocycles. The molecule has 3 amide bonds. The smallest absolute Gasteiger partial charge is 0.419 e. The number of fused-ring (bicyclic) bond motifs is 6. The monoisotopic (exact) mass is 612 g/mol. The number of nitrogens with zero attached hydrogens (tertiary/aromatic N) is 1. The van der Waals surface area contributed by atoms with Crippen LogP contribution in [0.1, 0.15) is 39.7 Å². The van der Waals surface area contributed by atoms with Gasteiger partial charge in [-0.25, -0.2) is 19.3 Å². The highest BCUT2D eigenvalue weighted by Gasteiger charge is 2.31. The average Bonchev–Trinajstić information content (AvgIpc) is 3.58. The molecule has 46 heavy (non-hydrogen) atoms. The summed E-state index contributed by atoms with van der Waals surface area (Å²) < 4.78 is 10.4. The largest absolute Gasteiger partial charge is 0.465 e. The Labute approximate surface area is 266 Å². The summed E-state index contributed by atoms with van der Waals surface area (Å²) in [6.07, 6.45) is -2.92. The molecule has 0 heterocycles. The molecule has 0 fully saturated rings. The molecule has 8 heteroatoms. The number of nitrogens with two attached hydrogens (primary N) is 1. The number of carboxylic acid groups (broad SMARTS) is 1. The van der Waals surface area contributed by atoms with Crippen LogP contribution >= 0.6 is 0 Å². The van der Waals surface area contributed by atoms with Crippen molar-refractivity contribution in [1.29, 1.82) is 0 Å². The van der Waals surface area contributed by atoms with Gasteiger partial charge in [0.1, 0.15) is 13.2 Å². The van der Waals surface area contributed by atoms with Crippen LogP contribution in [-0.2, 0) is 16.0 Å². The molecule has 230 valence electrons. The predicted octanol–water partition coefficient (Wildman–Crippen LogP) is 8.01. The molecule has 3 N–H and O–H groups in total. The van der Waals surface area contributed by atoms with Crippen LogP contribution in [0, 0.1) is 0 Å². The fourth-order valence-corrected chi connectivity index (χ4v) is 6.25. The lowest BCUT2D eigenvalue weighted by Crippen LogP contribution is -2.36. The standard InChI is InChI=1S/C23H19NO4.C15H13NO2/c25-22(26)24(14-16-8-2-1-3-9-16)23(27)28-15-21-19-12-6-4-10-17(19)18-11-5-7-13-20(18)21;16-15(17)18-9-14-12-7-3-1-5-10(12)11-6-2-4-8-13(11)14/h1-13,21H,14-15H2,(H,25,26);1-8,14H,9H2,(H2,16,17). The van der Waals surface area contributed by atoms with Gasteiger partial charge < -0.3 is 20.3 Å². The minimum atomic E-state index is -1.33. The minimum Gasteiger partial charge on any atom is -0.465 e. The molecule has 8 nitrogen and oxygen atoms in total. The summed E-state index contributed by atoms with van der Waals surface area (Å²) in [6.45, 7) is 0.335. The third-order valence-corrected chi connectivity index (χ3v) is 8.33. The fourth-order valence-electron chi connectivity index (χ4n) is 6.25. The van der Waals surface area contributed by atoms with Crippen LogP contribution in [0.5, 0.6) is 0 Å². The van der Waals surface area contributed by atoms with Crippen molar-refractivity contribution in [2.45, 2.75) is 18.4 Å². The highest BCUT2D eigenvalue weighted by Crippen LogP contribution is 2.45. The van der Waals surface area contributed by atoms with Crippen molar-refractivity contribution in [3.8, 4) is 22.3 Å². The van der Waals surface area contributed by atoms with Crippen molar-refractivity contribution in [1.82, 2.24) is 4.90 Å². The van der Waals surface area contributed by atoms with Crippen LogP contribution in [0.3, 0.4) is 0 Å². The summed E-state index contributed by atoms with van der Waals surface area (Å²) in [7, 11) is 0. The van der Waals surface area contributed by atoms with Crippen LogP contribution in [-0.4, -0.2) is 41.5 Å². The molecular formula is C38H32N2O6. The molecule has 5 aromatic rings. The normalized spacial score (nSPS) is 12.4. The van der Waals surface area contributed by atoms with Crippen LogP contribution in [0.2, 0.25) is 0 Å². The zero-order valence-electron chi connectivity index (χ0n) is 24.9. The van der Waals surface area contributed by atoms with Crippen LogP contribution < -0.4 is 5.73 Å². The van der Waals surface area contributed by atoms with E-state index in [1.165, 1.54) is 22.3 Å². The number of rotatable bonds is 6. The van der Waals surface area contributed by atoms with Gasteiger partial charge in [0.05, 0.1) is 6.54 Å². The maximum absolute atomic E-state index is 12.5. The Morgan fingerprint density at radius 3 is 1.33 bits per heavy atom. The first kappa shape index (κ1) is 30.1. The molecule has 0 aliphatic heterocycles. The SMILES string of the molecule is NC(=O)OCC1c2ccccc2-c2ccccc21.O=C(O)N(Cc1ccccc1)C(=O)OCC1c2ccccc2-c2ccccc21. The second kappa shape index (κ2) is 13.4. The van der Waals surface area contributed by atoms with Gasteiger partial charge in [-0.05, 0) is 50.1 Å². The number of carbonyl (C=O) groups is 3. The third-order valence-electron chi connectivity index (χ3n) is 8.33. The van der Waals surface area contributed by atoms with E-state index >= 15 is 0 Å². The number of carbonyl (C=O) groups excluding carboxylic acids is 2. The summed E-state index contributed by atoms with van der Waals surface area (Å²) in [5.41, 5.74) is 15.0. The summed E-state index contributed by atoms with van der Waals surface area (Å²) in [4.78, 5) is 35.5. The van der Waals surface area contributed by atoms with Gasteiger partial charge >= 0.3 is 18.3 Å². The maximum Gasteiger partial charge on any atom is 0.419 e. The molecular weight excluding hydrogens is 580 g/mol. The Morgan fingerprint density at radius 1 is 0.565 bits per heavy atom. The van der Waals surface area contributed by atoms with Gasteiger partial charge in [0.25, 0.3) is 0 Å². The quantitative estimate of drug-likeness (QED) is 0.201. The van der Waals surface area contributed by atoms with Crippen LogP contribution in [0.15, 0.2) is 127 Å². The zero-order chi connectivity index (χ0) is 32.0. The number of amides is 3. The van der Waals surface area contributed by atoms with Gasteiger partial charge in [0.15, 0.2) is 0 Å². The number of ether oxygens (including phenoxy) is 2. The van der Waals surface area contributed by atoms with Crippen molar-refractivity contribution in [3.63, 3.8) is 0 Å². The number of primary amides is 1. The number of hydrogen-bond donors (Lipinski definition) is 2. The van der Waals surface area contributed by atoms with Gasteiger partial charge in [0, 0.05) is 11.8 Å². The fraction of sp³-hybridized carbons (Fsp3) is 0.132. The summed E-state index contributed by atoms with van der Waals surface area (Å²) in [5, 5.41) is 9.44. The van der Waals surface area contributed by atoms with E-state index in [0.717, 1.165) is 27.8 Å². The Hall–Kier alpha value is -5.89. The molecule has 0 aromatic heterocycles. The van der Waals surface area contributed by atoms with Gasteiger partial charge in [-0.1, -0.05) is 127 Å². The Balaban J connectivity index is 0.000000178. The number of hydrogen-bond acceptors (Lipinski definition) is 5. The van der Waals surface area contributed by atoms with E-state index in [4.69, 9.17) is 15.2 Å². The van der Waals surface area contributed by atoms with E-state index in [0.29, 0.717) is 11.5 Å². The molecule has 0 saturated carbocycles. The van der Waals surface area contributed by atoms with Crippen molar-refractivity contribution in [2.24, 2.45) is 5.73 Å². The lowest BCUT2D eigenvalue weighted by Gasteiger charge is -2.19. The van der Waals surface area contributed by atoms with E-state index in [2.05, 4.69) is 36.4 Å². The molecule has 0 saturated heterocycles. The molecule has 0 unspecified atom stereocenters. The van der Waals surface area contributed by atoms with E-state index in [-0.39, 0.29) is 25.0 Å². The average molecular weight is 613 g/mol.